The Morgan fingerprint density at radius 1 is 1.38 bits per heavy atom. The van der Waals surface area contributed by atoms with E-state index in [4.69, 9.17) is 13.9 Å². The molecule has 1 saturated heterocycles. The third-order valence-electron chi connectivity index (χ3n) is 3.59. The highest BCUT2D eigenvalue weighted by Crippen LogP contribution is 2.22. The number of hydrogen-bond acceptors (Lipinski definition) is 7. The molecule has 7 nitrogen and oxygen atoms in total. The van der Waals surface area contributed by atoms with Gasteiger partial charge in [-0.2, -0.15) is 8.78 Å². The van der Waals surface area contributed by atoms with Crippen LogP contribution in [0.2, 0.25) is 0 Å². The molecule has 2 aromatic rings. The van der Waals surface area contributed by atoms with Gasteiger partial charge in [0.25, 0.3) is 5.89 Å². The minimum atomic E-state index is -2.78. The molecule has 0 radical (unpaired) electrons. The summed E-state index contributed by atoms with van der Waals surface area (Å²) in [6.45, 7) is 3.33. The molecule has 0 aromatic carbocycles. The van der Waals surface area contributed by atoms with Gasteiger partial charge in [-0.15, -0.1) is 10.2 Å². The normalized spacial score (nSPS) is 19.1. The summed E-state index contributed by atoms with van der Waals surface area (Å²) in [5.41, 5.74) is 1.20. The van der Waals surface area contributed by atoms with Crippen LogP contribution in [0.25, 0.3) is 11.5 Å². The molecule has 9 heteroatoms. The van der Waals surface area contributed by atoms with E-state index in [1.807, 2.05) is 7.05 Å². The minimum absolute atomic E-state index is 0.0175. The molecular weight excluding hydrogens is 322 g/mol. The largest absolute Gasteiger partial charge is 0.415 e. The summed E-state index contributed by atoms with van der Waals surface area (Å²) in [4.78, 5) is 6.41. The van der Waals surface area contributed by atoms with Crippen molar-refractivity contribution in [3.8, 4) is 11.5 Å². The molecular formula is C15H18F2N4O3. The molecule has 3 heterocycles. The molecule has 1 aliphatic rings. The number of pyridine rings is 1. The smallest absolute Gasteiger partial charge is 0.314 e. The number of morpholine rings is 1. The van der Waals surface area contributed by atoms with Crippen LogP contribution in [-0.2, 0) is 16.1 Å². The predicted molar refractivity (Wildman–Crippen MR) is 79.4 cm³/mol. The summed E-state index contributed by atoms with van der Waals surface area (Å²) in [5, 5.41) is 6.86. The lowest BCUT2D eigenvalue weighted by Gasteiger charge is -2.29. The Morgan fingerprint density at radius 3 is 2.92 bits per heavy atom. The Bertz CT molecular complexity index is 650. The van der Waals surface area contributed by atoms with Crippen LogP contribution in [0, 0.1) is 0 Å². The molecule has 1 fully saturated rings. The van der Waals surface area contributed by atoms with E-state index < -0.39 is 12.3 Å². The molecule has 3 rings (SSSR count). The molecule has 2 aromatic heterocycles. The Labute approximate surface area is 137 Å². The zero-order chi connectivity index (χ0) is 16.9. The standard InChI is InChI=1S/C15H18F2N4O3/c1-21-4-5-23-12(7-21)9-22-8-11-3-2-10(6-18-11)14-19-20-15(24-14)13(16)17/h2-3,6,12-13H,4-5,7-9H2,1H3. The maximum absolute atomic E-state index is 12.4. The van der Waals surface area contributed by atoms with Gasteiger partial charge >= 0.3 is 6.43 Å². The molecule has 0 aliphatic carbocycles. The second kappa shape index (κ2) is 7.73. The summed E-state index contributed by atoms with van der Waals surface area (Å²) in [6, 6.07) is 3.41. The van der Waals surface area contributed by atoms with Gasteiger partial charge in [0.15, 0.2) is 0 Å². The van der Waals surface area contributed by atoms with Gasteiger partial charge in [0, 0.05) is 19.3 Å². The number of nitrogens with zero attached hydrogens (tertiary/aromatic N) is 4. The first-order valence-corrected chi connectivity index (χ1v) is 7.56. The first-order valence-electron chi connectivity index (χ1n) is 7.56. The highest BCUT2D eigenvalue weighted by Gasteiger charge is 2.18. The van der Waals surface area contributed by atoms with E-state index in [1.165, 1.54) is 6.20 Å². The molecule has 1 aliphatic heterocycles. The molecule has 130 valence electrons. The highest BCUT2D eigenvalue weighted by molar-refractivity contribution is 5.50. The molecule has 0 N–H and O–H groups in total. The quantitative estimate of drug-likeness (QED) is 0.795. The van der Waals surface area contributed by atoms with Crippen molar-refractivity contribution in [3.05, 3.63) is 29.9 Å². The van der Waals surface area contributed by atoms with Crippen LogP contribution < -0.4 is 0 Å². The fourth-order valence-corrected chi connectivity index (χ4v) is 2.34. The first kappa shape index (κ1) is 16.9. The van der Waals surface area contributed by atoms with Crippen molar-refractivity contribution in [2.24, 2.45) is 0 Å². The average molecular weight is 340 g/mol. The predicted octanol–water partition coefficient (Wildman–Crippen LogP) is 1.92. The zero-order valence-electron chi connectivity index (χ0n) is 13.2. The lowest BCUT2D eigenvalue weighted by molar-refractivity contribution is -0.0667. The minimum Gasteiger partial charge on any atom is -0.415 e. The Balaban J connectivity index is 1.50. The topological polar surface area (TPSA) is 73.5 Å². The van der Waals surface area contributed by atoms with Gasteiger partial charge in [0.05, 0.1) is 37.2 Å². The van der Waals surface area contributed by atoms with Gasteiger partial charge < -0.3 is 18.8 Å². The van der Waals surface area contributed by atoms with Crippen LogP contribution in [0.15, 0.2) is 22.7 Å². The number of halogens is 2. The SMILES string of the molecule is CN1CCOC(COCc2ccc(-c3nnc(C(F)F)o3)cn2)C1. The fraction of sp³-hybridized carbons (Fsp3) is 0.533. The lowest BCUT2D eigenvalue weighted by Crippen LogP contribution is -2.42. The molecule has 1 atom stereocenters. The summed E-state index contributed by atoms with van der Waals surface area (Å²) in [7, 11) is 2.05. The third kappa shape index (κ3) is 4.31. The molecule has 1 unspecified atom stereocenters. The second-order valence-corrected chi connectivity index (χ2v) is 5.55. The van der Waals surface area contributed by atoms with E-state index in [0.717, 1.165) is 18.8 Å². The first-order chi connectivity index (χ1) is 11.6. The van der Waals surface area contributed by atoms with Crippen molar-refractivity contribution in [1.82, 2.24) is 20.1 Å². The zero-order valence-corrected chi connectivity index (χ0v) is 13.2. The molecule has 0 spiro atoms. The van der Waals surface area contributed by atoms with E-state index in [0.29, 0.717) is 25.4 Å². The molecule has 0 bridgehead atoms. The summed E-state index contributed by atoms with van der Waals surface area (Å²) >= 11 is 0. The Kier molecular flexibility index (Phi) is 5.44. The Hall–Kier alpha value is -1.97. The van der Waals surface area contributed by atoms with E-state index in [9.17, 15) is 8.78 Å². The molecule has 0 saturated carbocycles. The summed E-state index contributed by atoms with van der Waals surface area (Å²) < 4.78 is 41.0. The van der Waals surface area contributed by atoms with Crippen molar-refractivity contribution in [1.29, 1.82) is 0 Å². The van der Waals surface area contributed by atoms with Crippen molar-refractivity contribution in [2.75, 3.05) is 33.4 Å². The van der Waals surface area contributed by atoms with E-state index in [1.54, 1.807) is 12.1 Å². The van der Waals surface area contributed by atoms with Crippen molar-refractivity contribution in [3.63, 3.8) is 0 Å². The number of ether oxygens (including phenoxy) is 2. The van der Waals surface area contributed by atoms with Gasteiger partial charge in [-0.25, -0.2) is 0 Å². The van der Waals surface area contributed by atoms with Crippen molar-refractivity contribution in [2.45, 2.75) is 19.1 Å². The van der Waals surface area contributed by atoms with E-state index in [2.05, 4.69) is 20.1 Å². The monoisotopic (exact) mass is 340 g/mol. The van der Waals surface area contributed by atoms with Crippen LogP contribution in [0.3, 0.4) is 0 Å². The van der Waals surface area contributed by atoms with Crippen molar-refractivity contribution >= 4 is 0 Å². The summed E-state index contributed by atoms with van der Waals surface area (Å²) in [5.74, 6) is -0.682. The van der Waals surface area contributed by atoms with Crippen LogP contribution in [0.5, 0.6) is 0 Å². The number of rotatable bonds is 6. The maximum Gasteiger partial charge on any atom is 0.314 e. The molecule has 24 heavy (non-hydrogen) atoms. The fourth-order valence-electron chi connectivity index (χ4n) is 2.34. The number of hydrogen-bond donors (Lipinski definition) is 0. The van der Waals surface area contributed by atoms with Crippen LogP contribution >= 0.6 is 0 Å². The molecule has 0 amide bonds. The van der Waals surface area contributed by atoms with Crippen LogP contribution in [0.1, 0.15) is 18.0 Å². The van der Waals surface area contributed by atoms with Crippen LogP contribution in [-0.4, -0.2) is 59.5 Å². The maximum atomic E-state index is 12.4. The highest BCUT2D eigenvalue weighted by atomic mass is 19.3. The second-order valence-electron chi connectivity index (χ2n) is 5.55. The van der Waals surface area contributed by atoms with E-state index >= 15 is 0 Å². The number of alkyl halides is 2. The summed E-state index contributed by atoms with van der Waals surface area (Å²) in [6.07, 6.45) is -1.23. The van der Waals surface area contributed by atoms with Gasteiger partial charge in [0.1, 0.15) is 0 Å². The van der Waals surface area contributed by atoms with Crippen molar-refractivity contribution < 1.29 is 22.7 Å². The lowest BCUT2D eigenvalue weighted by atomic mass is 10.2. The van der Waals surface area contributed by atoms with E-state index in [-0.39, 0.29) is 12.0 Å². The average Bonchev–Trinajstić information content (AvgIpc) is 3.06. The van der Waals surface area contributed by atoms with Gasteiger partial charge in [-0.3, -0.25) is 4.98 Å². The van der Waals surface area contributed by atoms with Crippen LogP contribution in [0.4, 0.5) is 8.78 Å². The van der Waals surface area contributed by atoms with Gasteiger partial charge in [0.2, 0.25) is 5.89 Å². The Morgan fingerprint density at radius 2 is 2.25 bits per heavy atom. The third-order valence-corrected chi connectivity index (χ3v) is 3.59. The number of likely N-dealkylation sites (N-methyl/N-ethyl adjacent to an activating group) is 1. The van der Waals surface area contributed by atoms with Gasteiger partial charge in [-0.1, -0.05) is 0 Å². The van der Waals surface area contributed by atoms with Gasteiger partial charge in [-0.05, 0) is 19.2 Å². The number of aromatic nitrogens is 3.